The Morgan fingerprint density at radius 1 is 1.06 bits per heavy atom. The van der Waals surface area contributed by atoms with E-state index < -0.39 is 40.0 Å². The van der Waals surface area contributed by atoms with E-state index >= 15 is 0 Å². The minimum absolute atomic E-state index is 0.0607. The number of carbonyl (C=O) groups excluding carboxylic acids is 2. The molecule has 0 saturated carbocycles. The van der Waals surface area contributed by atoms with E-state index in [9.17, 15) is 27.9 Å². The summed E-state index contributed by atoms with van der Waals surface area (Å²) in [6.07, 6.45) is 4.06. The van der Waals surface area contributed by atoms with Gasteiger partial charge in [0.05, 0.1) is 11.4 Å². The van der Waals surface area contributed by atoms with Crippen LogP contribution in [0.5, 0.6) is 0 Å². The Bertz CT molecular complexity index is 1010. The third-order valence-electron chi connectivity index (χ3n) is 5.64. The molecule has 0 unspecified atom stereocenters. The van der Waals surface area contributed by atoms with E-state index in [0.29, 0.717) is 19.5 Å². The van der Waals surface area contributed by atoms with Crippen LogP contribution in [0.25, 0.3) is 0 Å². The Hall–Kier alpha value is -3.39. The minimum Gasteiger partial charge on any atom is -0.480 e. The average Bonchev–Trinajstić information content (AvgIpc) is 3.34. The van der Waals surface area contributed by atoms with Crippen molar-refractivity contribution in [2.24, 2.45) is 5.73 Å². The highest BCUT2D eigenvalue weighted by Gasteiger charge is 2.40. The molecule has 1 fully saturated rings. The van der Waals surface area contributed by atoms with Gasteiger partial charge in [0.15, 0.2) is 5.96 Å². The highest BCUT2D eigenvalue weighted by atomic mass is 32.2. The second-order valence-electron chi connectivity index (χ2n) is 8.38. The van der Waals surface area contributed by atoms with E-state index in [1.807, 2.05) is 0 Å². The molecule has 200 valence electrons. The summed E-state index contributed by atoms with van der Waals surface area (Å²) in [5.41, 5.74) is 5.19. The Labute approximate surface area is 210 Å². The minimum atomic E-state index is -3.91. The summed E-state index contributed by atoms with van der Waals surface area (Å²) in [7, 11) is -3.91. The second-order valence-corrected chi connectivity index (χ2v) is 10.3. The zero-order chi connectivity index (χ0) is 26.6. The van der Waals surface area contributed by atoms with Crippen LogP contribution in [0.3, 0.4) is 0 Å². The molecule has 2 atom stereocenters. The lowest BCUT2D eigenvalue weighted by Gasteiger charge is -2.25. The molecule has 2 rings (SSSR count). The van der Waals surface area contributed by atoms with Crippen LogP contribution in [0.1, 0.15) is 38.5 Å². The van der Waals surface area contributed by atoms with E-state index in [4.69, 9.17) is 11.1 Å². The fourth-order valence-corrected chi connectivity index (χ4v) is 5.45. The van der Waals surface area contributed by atoms with Gasteiger partial charge in [-0.05, 0) is 37.8 Å². The molecule has 0 radical (unpaired) electrons. The molecule has 1 aliphatic heterocycles. The number of carboxylic acid groups (broad SMARTS) is 1. The molecule has 1 aliphatic rings. The zero-order valence-corrected chi connectivity index (χ0v) is 20.9. The molecule has 1 heterocycles. The van der Waals surface area contributed by atoms with Gasteiger partial charge in [-0.2, -0.15) is 4.31 Å². The maximum atomic E-state index is 13.0. The van der Waals surface area contributed by atoms with Crippen LogP contribution in [0.15, 0.2) is 35.2 Å². The van der Waals surface area contributed by atoms with Gasteiger partial charge >= 0.3 is 12.0 Å². The summed E-state index contributed by atoms with van der Waals surface area (Å²) in [5.74, 6) is -2.14. The number of hydrogen-bond donors (Lipinski definition) is 7. The topological polar surface area (TPSA) is 207 Å². The van der Waals surface area contributed by atoms with Crippen LogP contribution >= 0.6 is 0 Å². The summed E-state index contributed by atoms with van der Waals surface area (Å²) >= 11 is 0. The maximum Gasteiger partial charge on any atom is 0.328 e. The number of hydrogen-bond acceptors (Lipinski definition) is 6. The number of nitrogens with two attached hydrogens (primary N) is 1. The molecule has 8 N–H and O–H groups in total. The predicted molar refractivity (Wildman–Crippen MR) is 133 cm³/mol. The average molecular weight is 526 g/mol. The lowest BCUT2D eigenvalue weighted by Crippen LogP contribution is -2.54. The lowest BCUT2D eigenvalue weighted by molar-refractivity contribution is -0.142. The van der Waals surface area contributed by atoms with Crippen LogP contribution in [0.4, 0.5) is 4.79 Å². The number of benzene rings is 1. The summed E-state index contributed by atoms with van der Waals surface area (Å²) < 4.78 is 27.0. The molecule has 1 aromatic carbocycles. The Morgan fingerprint density at radius 2 is 1.69 bits per heavy atom. The number of unbranched alkanes of at least 4 members (excludes halogenated alkanes) is 3. The molecule has 36 heavy (non-hydrogen) atoms. The first-order chi connectivity index (χ1) is 17.1. The molecular weight excluding hydrogens is 490 g/mol. The van der Waals surface area contributed by atoms with Crippen molar-refractivity contribution >= 4 is 33.9 Å². The van der Waals surface area contributed by atoms with Gasteiger partial charge in [-0.1, -0.05) is 31.0 Å². The molecule has 1 aromatic rings. The fraction of sp³-hybridized carbons (Fsp3) is 0.545. The monoisotopic (exact) mass is 525 g/mol. The van der Waals surface area contributed by atoms with Crippen molar-refractivity contribution in [1.29, 1.82) is 5.41 Å². The van der Waals surface area contributed by atoms with Crippen LogP contribution < -0.4 is 27.0 Å². The summed E-state index contributed by atoms with van der Waals surface area (Å²) in [4.78, 5) is 36.5. The number of amides is 3. The van der Waals surface area contributed by atoms with Crippen molar-refractivity contribution in [3.63, 3.8) is 0 Å². The Kier molecular flexibility index (Phi) is 11.4. The summed E-state index contributed by atoms with van der Waals surface area (Å²) in [5, 5.41) is 26.7. The highest BCUT2D eigenvalue weighted by molar-refractivity contribution is 7.89. The van der Waals surface area contributed by atoms with Gasteiger partial charge in [-0.3, -0.25) is 10.2 Å². The number of nitrogens with zero attached hydrogens (tertiary/aromatic N) is 1. The molecule has 0 spiro atoms. The molecule has 3 amide bonds. The molecule has 13 nitrogen and oxygen atoms in total. The summed E-state index contributed by atoms with van der Waals surface area (Å²) in [6, 6.07) is 4.73. The molecule has 14 heteroatoms. The molecule has 0 bridgehead atoms. The highest BCUT2D eigenvalue weighted by Crippen LogP contribution is 2.26. The molecule has 1 saturated heterocycles. The largest absolute Gasteiger partial charge is 0.480 e. The maximum absolute atomic E-state index is 13.0. The molecule has 0 aromatic heterocycles. The van der Waals surface area contributed by atoms with E-state index in [2.05, 4.69) is 21.3 Å². The third kappa shape index (κ3) is 9.00. The van der Waals surface area contributed by atoms with Crippen LogP contribution in [-0.4, -0.2) is 80.0 Å². The number of carboxylic acids is 1. The molecule has 0 aliphatic carbocycles. The Morgan fingerprint density at radius 3 is 2.31 bits per heavy atom. The fourth-order valence-electron chi connectivity index (χ4n) is 3.77. The van der Waals surface area contributed by atoms with Gasteiger partial charge in [0, 0.05) is 19.6 Å². The van der Waals surface area contributed by atoms with Crippen molar-refractivity contribution in [1.82, 2.24) is 25.6 Å². The Balaban J connectivity index is 1.78. The second kappa shape index (κ2) is 14.2. The van der Waals surface area contributed by atoms with Gasteiger partial charge in [0.25, 0.3) is 0 Å². The van der Waals surface area contributed by atoms with Crippen molar-refractivity contribution < 1.29 is 27.9 Å². The van der Waals surface area contributed by atoms with Gasteiger partial charge in [0.2, 0.25) is 15.9 Å². The first-order valence-corrected chi connectivity index (χ1v) is 13.3. The number of carbonyl (C=O) groups is 3. The van der Waals surface area contributed by atoms with Crippen molar-refractivity contribution in [3.05, 3.63) is 30.3 Å². The number of guanidine groups is 1. The predicted octanol–water partition coefficient (Wildman–Crippen LogP) is -0.248. The SMILES string of the molecule is N=C(N)NCCCCCCNC(=O)NC[C@H](NC(=O)[C@@H]1CCCN1S(=O)(=O)c1ccccc1)C(=O)O. The van der Waals surface area contributed by atoms with Crippen LogP contribution in [0.2, 0.25) is 0 Å². The van der Waals surface area contributed by atoms with Gasteiger partial charge < -0.3 is 32.1 Å². The lowest BCUT2D eigenvalue weighted by atomic mass is 10.2. The zero-order valence-electron chi connectivity index (χ0n) is 20.0. The van der Waals surface area contributed by atoms with E-state index in [1.165, 1.54) is 12.1 Å². The standard InChI is InChI=1S/C22H35N7O6S/c23-21(24)25-12-6-1-2-7-13-26-22(33)27-15-17(20(31)32)28-19(30)18-11-8-14-29(18)36(34,35)16-9-4-3-5-10-16/h3-5,9-10,17-18H,1-2,6-8,11-15H2,(H,28,30)(H,31,32)(H4,23,24,25)(H2,26,27,33)/t17-,18-/m0/s1. The summed E-state index contributed by atoms with van der Waals surface area (Å²) in [6.45, 7) is 0.801. The number of urea groups is 1. The van der Waals surface area contributed by atoms with Crippen LogP contribution in [-0.2, 0) is 19.6 Å². The van der Waals surface area contributed by atoms with Crippen molar-refractivity contribution in [2.45, 2.75) is 55.5 Å². The van der Waals surface area contributed by atoms with Crippen LogP contribution in [0, 0.1) is 5.41 Å². The normalized spacial score (nSPS) is 16.6. The van der Waals surface area contributed by atoms with Gasteiger partial charge in [-0.15, -0.1) is 0 Å². The van der Waals surface area contributed by atoms with E-state index in [-0.39, 0.29) is 30.4 Å². The number of sulfonamides is 1. The quantitative estimate of drug-likeness (QED) is 0.0976. The van der Waals surface area contributed by atoms with E-state index in [1.54, 1.807) is 18.2 Å². The van der Waals surface area contributed by atoms with Crippen molar-refractivity contribution in [2.75, 3.05) is 26.2 Å². The number of aliphatic carboxylic acids is 1. The van der Waals surface area contributed by atoms with E-state index in [0.717, 1.165) is 30.0 Å². The first-order valence-electron chi connectivity index (χ1n) is 11.8. The first kappa shape index (κ1) is 28.8. The molecular formula is C22H35N7O6S. The number of rotatable bonds is 14. The van der Waals surface area contributed by atoms with Gasteiger partial charge in [0.1, 0.15) is 12.1 Å². The van der Waals surface area contributed by atoms with Crippen molar-refractivity contribution in [3.8, 4) is 0 Å². The van der Waals surface area contributed by atoms with Gasteiger partial charge in [-0.25, -0.2) is 18.0 Å². The number of nitrogens with one attached hydrogen (secondary N) is 5. The smallest absolute Gasteiger partial charge is 0.328 e. The third-order valence-corrected chi connectivity index (χ3v) is 7.56.